The maximum Gasteiger partial charge on any atom is 0.337 e. The van der Waals surface area contributed by atoms with E-state index in [0.29, 0.717) is 54.4 Å². The third kappa shape index (κ3) is 5.98. The summed E-state index contributed by atoms with van der Waals surface area (Å²) in [6, 6.07) is 11.4. The summed E-state index contributed by atoms with van der Waals surface area (Å²) in [4.78, 5) is 31.8. The second kappa shape index (κ2) is 12.3. The quantitative estimate of drug-likeness (QED) is 0.189. The Labute approximate surface area is 248 Å². The molecule has 10 nitrogen and oxygen atoms in total. The molecule has 0 amide bonds. The Morgan fingerprint density at radius 1 is 1.14 bits per heavy atom. The average Bonchev–Trinajstić information content (AvgIpc) is 3.70. The van der Waals surface area contributed by atoms with Gasteiger partial charge in [-0.1, -0.05) is 18.2 Å². The fourth-order valence-corrected chi connectivity index (χ4v) is 5.92. The van der Waals surface area contributed by atoms with E-state index >= 15 is 0 Å². The van der Waals surface area contributed by atoms with E-state index in [1.165, 1.54) is 13.2 Å². The third-order valence-electron chi connectivity index (χ3n) is 8.06. The molecular formula is C32H31FN6O4. The van der Waals surface area contributed by atoms with Crippen LogP contribution in [0, 0.1) is 24.2 Å². The van der Waals surface area contributed by atoms with Gasteiger partial charge in [0.15, 0.2) is 11.5 Å². The van der Waals surface area contributed by atoms with Crippen LogP contribution in [0.5, 0.6) is 5.88 Å². The summed E-state index contributed by atoms with van der Waals surface area (Å²) < 4.78 is 32.4. The van der Waals surface area contributed by atoms with Crippen molar-refractivity contribution in [3.63, 3.8) is 0 Å². The van der Waals surface area contributed by atoms with Gasteiger partial charge in [0.05, 0.1) is 43.4 Å². The van der Waals surface area contributed by atoms with Gasteiger partial charge in [0.2, 0.25) is 5.88 Å². The van der Waals surface area contributed by atoms with E-state index < -0.39 is 5.82 Å². The lowest BCUT2D eigenvalue weighted by Gasteiger charge is -2.18. The number of methoxy groups -OCH3 is 2. The summed E-state index contributed by atoms with van der Waals surface area (Å²) in [7, 11) is 3.05. The van der Waals surface area contributed by atoms with Crippen LogP contribution in [-0.4, -0.2) is 64.3 Å². The third-order valence-corrected chi connectivity index (χ3v) is 8.06. The van der Waals surface area contributed by atoms with Gasteiger partial charge in [-0.05, 0) is 48.1 Å². The van der Waals surface area contributed by atoms with Crippen LogP contribution in [0.4, 0.5) is 10.1 Å². The molecule has 2 aromatic carbocycles. The second-order valence-electron chi connectivity index (χ2n) is 10.8. The lowest BCUT2D eigenvalue weighted by atomic mass is 10.00. The number of hydrogen-bond donors (Lipinski definition) is 0. The van der Waals surface area contributed by atoms with Gasteiger partial charge in [-0.3, -0.25) is 4.90 Å². The van der Waals surface area contributed by atoms with Gasteiger partial charge >= 0.3 is 5.97 Å². The van der Waals surface area contributed by atoms with Gasteiger partial charge in [0.1, 0.15) is 18.2 Å². The second-order valence-corrected chi connectivity index (χ2v) is 10.8. The van der Waals surface area contributed by atoms with Crippen molar-refractivity contribution in [2.45, 2.75) is 26.1 Å². The van der Waals surface area contributed by atoms with Crippen molar-refractivity contribution in [2.75, 3.05) is 33.9 Å². The zero-order valence-corrected chi connectivity index (χ0v) is 24.0. The van der Waals surface area contributed by atoms with Crippen molar-refractivity contribution in [1.29, 1.82) is 0 Å². The number of rotatable bonds is 10. The van der Waals surface area contributed by atoms with Crippen LogP contribution >= 0.6 is 0 Å². The molecule has 0 radical (unpaired) electrons. The van der Waals surface area contributed by atoms with Gasteiger partial charge in [-0.25, -0.2) is 24.0 Å². The molecule has 4 aromatic rings. The minimum atomic E-state index is -0.473. The van der Waals surface area contributed by atoms with Crippen LogP contribution in [0.3, 0.4) is 0 Å². The minimum absolute atomic E-state index is 0.0129. The van der Waals surface area contributed by atoms with E-state index in [1.54, 1.807) is 37.6 Å². The summed E-state index contributed by atoms with van der Waals surface area (Å²) in [6.45, 7) is 10.7. The van der Waals surface area contributed by atoms with Crippen LogP contribution in [0.15, 0.2) is 54.7 Å². The summed E-state index contributed by atoms with van der Waals surface area (Å²) in [6.07, 6.45) is 4.79. The van der Waals surface area contributed by atoms with E-state index in [9.17, 15) is 9.18 Å². The smallest absolute Gasteiger partial charge is 0.337 e. The monoisotopic (exact) mass is 582 g/mol. The van der Waals surface area contributed by atoms with Crippen LogP contribution in [-0.2, 0) is 29.2 Å². The predicted octanol–water partition coefficient (Wildman–Crippen LogP) is 5.06. The van der Waals surface area contributed by atoms with Gasteiger partial charge in [0.25, 0.3) is 0 Å². The standard InChI is InChI=1S/C32H31FN6O4/c1-34-25-6-4-21(26(33)15-25)19-43-30-8-9-35-31(37-30)22-12-23-16-38(17-24(23)13-22)18-29-36-27-7-5-20(32(40)42-3)14-28(27)39(29)10-11-41-2/h4-9,12,14-15,23-24H,10-11,13,16-19H2,2-3H3. The van der Waals surface area contributed by atoms with E-state index in [-0.39, 0.29) is 18.3 Å². The molecule has 2 aromatic heterocycles. The van der Waals surface area contributed by atoms with Crippen molar-refractivity contribution >= 4 is 28.3 Å². The van der Waals surface area contributed by atoms with Gasteiger partial charge in [-0.15, -0.1) is 0 Å². The van der Waals surface area contributed by atoms with Crippen LogP contribution in [0.2, 0.25) is 0 Å². The Hall–Kier alpha value is -4.66. The van der Waals surface area contributed by atoms with Crippen molar-refractivity contribution in [2.24, 2.45) is 11.8 Å². The lowest BCUT2D eigenvalue weighted by molar-refractivity contribution is 0.0601. The average molecular weight is 583 g/mol. The number of imidazole rings is 1. The first-order valence-corrected chi connectivity index (χ1v) is 14.1. The van der Waals surface area contributed by atoms with Crippen molar-refractivity contribution in [1.82, 2.24) is 24.4 Å². The topological polar surface area (TPSA) is 96.0 Å². The van der Waals surface area contributed by atoms with Crippen molar-refractivity contribution in [3.05, 3.63) is 94.7 Å². The summed E-state index contributed by atoms with van der Waals surface area (Å²) >= 11 is 0. The predicted molar refractivity (Wildman–Crippen MR) is 157 cm³/mol. The summed E-state index contributed by atoms with van der Waals surface area (Å²) in [5, 5.41) is 0. The largest absolute Gasteiger partial charge is 0.473 e. The number of carbonyl (C=O) groups excluding carboxylic acids is 1. The number of fused-ring (bicyclic) bond motifs is 2. The van der Waals surface area contributed by atoms with E-state index in [0.717, 1.165) is 41.9 Å². The molecule has 1 fully saturated rings. The molecule has 1 aliphatic carbocycles. The summed E-state index contributed by atoms with van der Waals surface area (Å²) in [5.74, 6) is 1.92. The SMILES string of the molecule is [C-]#[N+]c1ccc(COc2ccnc(C3=CC4CN(Cc5nc6ccc(C(=O)OC)cc6n5CCOC)CC4C3)n2)c(F)c1. The summed E-state index contributed by atoms with van der Waals surface area (Å²) in [5.41, 5.74) is 3.92. The Kier molecular flexibility index (Phi) is 8.13. The zero-order chi connectivity index (χ0) is 29.9. The number of halogens is 1. The molecule has 2 unspecified atom stereocenters. The minimum Gasteiger partial charge on any atom is -0.473 e. The highest BCUT2D eigenvalue weighted by Gasteiger charge is 2.37. The number of carbonyl (C=O) groups is 1. The maximum atomic E-state index is 14.3. The Bertz CT molecular complexity index is 1750. The fraction of sp³-hybridized carbons (Fsp3) is 0.344. The number of likely N-dealkylation sites (tertiary alicyclic amines) is 1. The molecule has 2 aliphatic rings. The molecule has 43 heavy (non-hydrogen) atoms. The molecule has 220 valence electrons. The molecule has 0 bridgehead atoms. The van der Waals surface area contributed by atoms with Crippen molar-refractivity contribution in [3.8, 4) is 5.88 Å². The fourth-order valence-electron chi connectivity index (χ4n) is 5.92. The van der Waals surface area contributed by atoms with Crippen LogP contribution < -0.4 is 4.74 Å². The highest BCUT2D eigenvalue weighted by Crippen LogP contribution is 2.40. The molecular weight excluding hydrogens is 551 g/mol. The lowest BCUT2D eigenvalue weighted by Crippen LogP contribution is -2.24. The van der Waals surface area contributed by atoms with Crippen LogP contribution in [0.1, 0.15) is 34.0 Å². The number of esters is 1. The molecule has 0 spiro atoms. The molecule has 6 rings (SSSR count). The number of hydrogen-bond acceptors (Lipinski definition) is 8. The number of ether oxygens (including phenoxy) is 3. The van der Waals surface area contributed by atoms with Crippen LogP contribution in [0.25, 0.3) is 21.5 Å². The number of benzene rings is 2. The first-order valence-electron chi connectivity index (χ1n) is 14.1. The molecule has 0 saturated carbocycles. The molecule has 3 heterocycles. The van der Waals surface area contributed by atoms with Gasteiger partial charge in [-0.2, -0.15) is 4.98 Å². The Morgan fingerprint density at radius 3 is 2.79 bits per heavy atom. The van der Waals surface area contributed by atoms with Gasteiger partial charge < -0.3 is 18.8 Å². The van der Waals surface area contributed by atoms with Crippen molar-refractivity contribution < 1.29 is 23.4 Å². The molecule has 1 saturated heterocycles. The van der Waals surface area contributed by atoms with E-state index in [2.05, 4.69) is 30.4 Å². The maximum absolute atomic E-state index is 14.3. The first-order chi connectivity index (χ1) is 20.9. The molecule has 2 atom stereocenters. The highest BCUT2D eigenvalue weighted by molar-refractivity contribution is 5.93. The normalized spacial score (nSPS) is 18.0. The number of nitrogens with zero attached hydrogens (tertiary/aromatic N) is 6. The number of aromatic nitrogens is 4. The highest BCUT2D eigenvalue weighted by atomic mass is 19.1. The number of allylic oxidation sites excluding steroid dienone is 1. The van der Waals surface area contributed by atoms with Gasteiger partial charge in [0, 0.05) is 44.6 Å². The molecule has 0 N–H and O–H groups in total. The first kappa shape index (κ1) is 28.5. The van der Waals surface area contributed by atoms with E-state index in [1.807, 2.05) is 12.1 Å². The molecule has 1 aliphatic heterocycles. The Morgan fingerprint density at radius 2 is 2.02 bits per heavy atom. The van der Waals surface area contributed by atoms with E-state index in [4.69, 9.17) is 25.8 Å². The zero-order valence-electron chi connectivity index (χ0n) is 24.0. The Balaban J connectivity index is 1.13. The molecule has 11 heteroatoms.